The lowest BCUT2D eigenvalue weighted by molar-refractivity contribution is 0.199. The van der Waals surface area contributed by atoms with Gasteiger partial charge in [-0.1, -0.05) is 18.2 Å². The summed E-state index contributed by atoms with van der Waals surface area (Å²) in [6.07, 6.45) is 3.05. The molecular formula is C17H22N2O. The molecule has 0 atom stereocenters. The summed E-state index contributed by atoms with van der Waals surface area (Å²) < 4.78 is 7.36. The van der Waals surface area contributed by atoms with Crippen molar-refractivity contribution >= 4 is 10.9 Å². The van der Waals surface area contributed by atoms with Crippen LogP contribution >= 0.6 is 0 Å². The number of para-hydroxylation sites is 1. The average molecular weight is 270 g/mol. The molecule has 3 heteroatoms. The van der Waals surface area contributed by atoms with Crippen LogP contribution in [0.15, 0.2) is 30.5 Å². The quantitative estimate of drug-likeness (QED) is 0.618. The largest absolute Gasteiger partial charge is 0.383 e. The average Bonchev–Trinajstić information content (AvgIpc) is 2.88. The number of nitrogens with one attached hydrogen (secondary N) is 1. The number of aromatic nitrogens is 1. The Labute approximate surface area is 120 Å². The van der Waals surface area contributed by atoms with Crippen molar-refractivity contribution in [1.82, 2.24) is 9.88 Å². The van der Waals surface area contributed by atoms with Crippen LogP contribution in [0.1, 0.15) is 18.9 Å². The second-order valence-corrected chi connectivity index (χ2v) is 4.71. The second-order valence-electron chi connectivity index (χ2n) is 4.71. The van der Waals surface area contributed by atoms with Crippen LogP contribution in [-0.4, -0.2) is 24.8 Å². The molecule has 2 rings (SSSR count). The number of nitrogens with zero attached hydrogens (tertiary/aromatic N) is 1. The minimum Gasteiger partial charge on any atom is -0.383 e. The molecule has 0 saturated carbocycles. The third-order valence-electron chi connectivity index (χ3n) is 3.32. The Bertz CT molecular complexity index is 604. The van der Waals surface area contributed by atoms with Crippen molar-refractivity contribution in [3.63, 3.8) is 0 Å². The Kier molecular flexibility index (Phi) is 5.67. The van der Waals surface area contributed by atoms with Gasteiger partial charge in [0, 0.05) is 39.4 Å². The standard InChI is InChI=1S/C17H22N2O/c1-3-4-5-11-19-12-9-15-7-6-8-16(17(15)19)14-18-10-13-20-2/h6-9,12,18H,5,10-11,13-14H2,1-2H3. The van der Waals surface area contributed by atoms with Gasteiger partial charge in [-0.25, -0.2) is 0 Å². The van der Waals surface area contributed by atoms with Gasteiger partial charge in [-0.05, 0) is 23.9 Å². The molecule has 3 nitrogen and oxygen atoms in total. The first-order chi connectivity index (χ1) is 9.86. The summed E-state index contributed by atoms with van der Waals surface area (Å²) in [5, 5.41) is 4.70. The van der Waals surface area contributed by atoms with Gasteiger partial charge < -0.3 is 14.6 Å². The zero-order valence-corrected chi connectivity index (χ0v) is 12.3. The number of methoxy groups -OCH3 is 1. The molecule has 20 heavy (non-hydrogen) atoms. The minimum absolute atomic E-state index is 0.739. The van der Waals surface area contributed by atoms with E-state index in [4.69, 9.17) is 4.74 Å². The van der Waals surface area contributed by atoms with Gasteiger partial charge in [-0.15, -0.1) is 11.8 Å². The van der Waals surface area contributed by atoms with E-state index in [0.717, 1.165) is 32.7 Å². The van der Waals surface area contributed by atoms with Crippen LogP contribution in [0.4, 0.5) is 0 Å². The summed E-state index contributed by atoms with van der Waals surface area (Å²) in [4.78, 5) is 0. The van der Waals surface area contributed by atoms with Crippen molar-refractivity contribution in [3.8, 4) is 11.8 Å². The van der Waals surface area contributed by atoms with Crippen LogP contribution in [0, 0.1) is 11.8 Å². The molecule has 2 aromatic rings. The fourth-order valence-electron chi connectivity index (χ4n) is 2.37. The molecule has 1 heterocycles. The van der Waals surface area contributed by atoms with Gasteiger partial charge >= 0.3 is 0 Å². The molecule has 0 radical (unpaired) electrons. The van der Waals surface area contributed by atoms with Gasteiger partial charge in [0.2, 0.25) is 0 Å². The third kappa shape index (κ3) is 3.63. The third-order valence-corrected chi connectivity index (χ3v) is 3.32. The molecule has 1 aromatic heterocycles. The topological polar surface area (TPSA) is 26.2 Å². The number of hydrogen-bond acceptors (Lipinski definition) is 2. The first-order valence-corrected chi connectivity index (χ1v) is 7.03. The number of rotatable bonds is 7. The van der Waals surface area contributed by atoms with Crippen LogP contribution in [0.25, 0.3) is 10.9 Å². The molecule has 0 saturated heterocycles. The van der Waals surface area contributed by atoms with Gasteiger partial charge in [0.15, 0.2) is 0 Å². The smallest absolute Gasteiger partial charge is 0.0587 e. The Morgan fingerprint density at radius 2 is 2.20 bits per heavy atom. The van der Waals surface area contributed by atoms with Gasteiger partial charge in [0.1, 0.15) is 0 Å². The van der Waals surface area contributed by atoms with Crippen molar-refractivity contribution in [2.24, 2.45) is 0 Å². The van der Waals surface area contributed by atoms with E-state index >= 15 is 0 Å². The van der Waals surface area contributed by atoms with Crippen LogP contribution < -0.4 is 5.32 Å². The molecule has 1 N–H and O–H groups in total. The van der Waals surface area contributed by atoms with Crippen molar-refractivity contribution < 1.29 is 4.74 Å². The van der Waals surface area contributed by atoms with E-state index in [1.165, 1.54) is 16.5 Å². The second kappa shape index (κ2) is 7.74. The highest BCUT2D eigenvalue weighted by molar-refractivity contribution is 5.83. The van der Waals surface area contributed by atoms with Crippen LogP contribution in [0.2, 0.25) is 0 Å². The van der Waals surface area contributed by atoms with E-state index in [1.54, 1.807) is 7.11 Å². The summed E-state index contributed by atoms with van der Waals surface area (Å²) in [7, 11) is 1.72. The van der Waals surface area contributed by atoms with Crippen molar-refractivity contribution in [2.75, 3.05) is 20.3 Å². The minimum atomic E-state index is 0.739. The molecule has 0 fully saturated rings. The molecule has 0 unspecified atom stereocenters. The lowest BCUT2D eigenvalue weighted by Crippen LogP contribution is -2.19. The predicted octanol–water partition coefficient (Wildman–Crippen LogP) is 2.79. The molecule has 0 aliphatic carbocycles. The van der Waals surface area contributed by atoms with Gasteiger partial charge in [0.05, 0.1) is 12.1 Å². The number of ether oxygens (including phenoxy) is 1. The summed E-state index contributed by atoms with van der Waals surface area (Å²) in [5.41, 5.74) is 2.64. The van der Waals surface area contributed by atoms with E-state index in [9.17, 15) is 0 Å². The molecule has 1 aromatic carbocycles. The fourth-order valence-corrected chi connectivity index (χ4v) is 2.37. The summed E-state index contributed by atoms with van der Waals surface area (Å²) >= 11 is 0. The van der Waals surface area contributed by atoms with Crippen LogP contribution in [-0.2, 0) is 17.8 Å². The Balaban J connectivity index is 2.15. The zero-order chi connectivity index (χ0) is 14.2. The van der Waals surface area contributed by atoms with E-state index in [2.05, 4.69) is 52.2 Å². The molecule has 0 aliphatic rings. The number of fused-ring (bicyclic) bond motifs is 1. The molecule has 0 spiro atoms. The first kappa shape index (κ1) is 14.6. The van der Waals surface area contributed by atoms with E-state index in [1.807, 2.05) is 6.92 Å². The summed E-state index contributed by atoms with van der Waals surface area (Å²) in [6.45, 7) is 5.31. The van der Waals surface area contributed by atoms with Crippen molar-refractivity contribution in [1.29, 1.82) is 0 Å². The maximum Gasteiger partial charge on any atom is 0.0587 e. The maximum absolute atomic E-state index is 5.06. The van der Waals surface area contributed by atoms with Crippen LogP contribution in [0.5, 0.6) is 0 Å². The molecular weight excluding hydrogens is 248 g/mol. The highest BCUT2D eigenvalue weighted by Gasteiger charge is 2.05. The van der Waals surface area contributed by atoms with Gasteiger partial charge in [-0.2, -0.15) is 0 Å². The number of hydrogen-bond donors (Lipinski definition) is 1. The maximum atomic E-state index is 5.06. The number of benzene rings is 1. The van der Waals surface area contributed by atoms with Crippen molar-refractivity contribution in [3.05, 3.63) is 36.0 Å². The van der Waals surface area contributed by atoms with Gasteiger partial charge in [0.25, 0.3) is 0 Å². The van der Waals surface area contributed by atoms with Crippen molar-refractivity contribution in [2.45, 2.75) is 26.4 Å². The Morgan fingerprint density at radius 3 is 3.00 bits per heavy atom. The van der Waals surface area contributed by atoms with E-state index in [0.29, 0.717) is 0 Å². The SMILES string of the molecule is CC#CCCn1ccc2cccc(CNCCOC)c21. The molecule has 0 amide bonds. The lowest BCUT2D eigenvalue weighted by atomic mass is 10.1. The van der Waals surface area contributed by atoms with E-state index < -0.39 is 0 Å². The summed E-state index contributed by atoms with van der Waals surface area (Å²) in [6, 6.07) is 8.64. The highest BCUT2D eigenvalue weighted by atomic mass is 16.5. The van der Waals surface area contributed by atoms with E-state index in [-0.39, 0.29) is 0 Å². The first-order valence-electron chi connectivity index (χ1n) is 7.03. The van der Waals surface area contributed by atoms with Crippen LogP contribution in [0.3, 0.4) is 0 Å². The Morgan fingerprint density at radius 1 is 1.30 bits per heavy atom. The molecule has 0 aliphatic heterocycles. The van der Waals surface area contributed by atoms with Gasteiger partial charge in [-0.3, -0.25) is 0 Å². The zero-order valence-electron chi connectivity index (χ0n) is 12.3. The monoisotopic (exact) mass is 270 g/mol. The highest BCUT2D eigenvalue weighted by Crippen LogP contribution is 2.20. The fraction of sp³-hybridized carbons (Fsp3) is 0.412. The molecule has 0 bridgehead atoms. The summed E-state index contributed by atoms with van der Waals surface area (Å²) in [5.74, 6) is 6.08. The predicted molar refractivity (Wildman–Crippen MR) is 83.6 cm³/mol. The normalized spacial score (nSPS) is 10.5. The number of aryl methyl sites for hydroxylation is 1. The molecule has 106 valence electrons. The lowest BCUT2D eigenvalue weighted by Gasteiger charge is -2.10. The Hall–Kier alpha value is -1.76.